The molecule has 118 valence electrons. The first kappa shape index (κ1) is 13.2. The Balaban J connectivity index is 1.82. The van der Waals surface area contributed by atoms with Crippen molar-refractivity contribution in [1.29, 1.82) is 0 Å². The average molecular weight is 301 g/mol. The zero-order chi connectivity index (χ0) is 15.3. The molecule has 0 radical (unpaired) electrons. The molecule has 2 aliphatic heterocycles. The van der Waals surface area contributed by atoms with Gasteiger partial charge in [0.2, 0.25) is 0 Å². The van der Waals surface area contributed by atoms with Crippen LogP contribution in [0.15, 0.2) is 12.1 Å². The average Bonchev–Trinajstić information content (AvgIpc) is 2.83. The molecule has 2 heterocycles. The van der Waals surface area contributed by atoms with Crippen LogP contribution in [0.5, 0.6) is 11.5 Å². The second kappa shape index (κ2) is 3.80. The minimum absolute atomic E-state index is 0.111. The highest BCUT2D eigenvalue weighted by Crippen LogP contribution is 2.65. The minimum Gasteiger partial charge on any atom is -0.504 e. The van der Waals surface area contributed by atoms with Gasteiger partial charge in [0.1, 0.15) is 6.10 Å². The molecule has 2 fully saturated rings. The van der Waals surface area contributed by atoms with E-state index >= 15 is 0 Å². The molecule has 2 unspecified atom stereocenters. The molecule has 1 aromatic carbocycles. The summed E-state index contributed by atoms with van der Waals surface area (Å²) in [6.07, 6.45) is 3.63. The van der Waals surface area contributed by atoms with Crippen molar-refractivity contribution in [3.63, 3.8) is 0 Å². The maximum atomic E-state index is 11.0. The zero-order valence-corrected chi connectivity index (χ0v) is 13.2. The number of likely N-dealkylation sites (tertiary alicyclic amines) is 1. The van der Waals surface area contributed by atoms with Gasteiger partial charge in [-0.05, 0) is 63.7 Å². The minimum atomic E-state index is -0.822. The standard InChI is InChI=1S/C18H23NO3/c1-17(21)6-5-11-12-9-10-3-4-13(20)15-14(10)18(11,16(17)22-15)7-8-19(12)2/h3-4,11-12,16,20-21H,5-9H2,1-2H3/t11-,12+,16?,17?,18-/m0/s1. The van der Waals surface area contributed by atoms with Crippen LogP contribution in [0.3, 0.4) is 0 Å². The first-order chi connectivity index (χ1) is 10.4. The molecule has 0 aromatic heterocycles. The zero-order valence-electron chi connectivity index (χ0n) is 13.2. The third-order valence-corrected chi connectivity index (χ3v) is 6.92. The maximum Gasteiger partial charge on any atom is 0.165 e. The number of likely N-dealkylation sites (N-methyl/N-ethyl adjacent to an activating group) is 1. The molecule has 4 aliphatic rings. The number of phenols is 1. The van der Waals surface area contributed by atoms with Gasteiger partial charge in [0.05, 0.1) is 5.60 Å². The molecule has 1 saturated heterocycles. The van der Waals surface area contributed by atoms with Gasteiger partial charge in [-0.25, -0.2) is 0 Å². The summed E-state index contributed by atoms with van der Waals surface area (Å²) in [5.41, 5.74) is 1.59. The molecular weight excluding hydrogens is 278 g/mol. The number of phenolic OH excluding ortho intramolecular Hbond substituents is 1. The SMILES string of the molecule is CN1CC[C@]23c4c5ccc(O)c4OC2C(C)(O)CC[C@H]3[C@H]1C5. The van der Waals surface area contributed by atoms with E-state index in [1.165, 1.54) is 11.1 Å². The summed E-state index contributed by atoms with van der Waals surface area (Å²) >= 11 is 0. The Hall–Kier alpha value is -1.26. The number of hydrogen-bond donors (Lipinski definition) is 2. The van der Waals surface area contributed by atoms with E-state index in [0.29, 0.717) is 17.7 Å². The van der Waals surface area contributed by atoms with Gasteiger partial charge in [0.25, 0.3) is 0 Å². The number of nitrogens with zero attached hydrogens (tertiary/aromatic N) is 1. The van der Waals surface area contributed by atoms with Crippen molar-refractivity contribution in [1.82, 2.24) is 4.90 Å². The highest BCUT2D eigenvalue weighted by Gasteiger charge is 2.67. The normalized spacial score (nSPS) is 45.3. The fourth-order valence-corrected chi connectivity index (χ4v) is 6.00. The van der Waals surface area contributed by atoms with Crippen molar-refractivity contribution in [2.24, 2.45) is 5.92 Å². The van der Waals surface area contributed by atoms with Gasteiger partial charge < -0.3 is 19.8 Å². The van der Waals surface area contributed by atoms with Crippen LogP contribution >= 0.6 is 0 Å². The first-order valence-corrected chi connectivity index (χ1v) is 8.40. The van der Waals surface area contributed by atoms with Crippen LogP contribution in [0, 0.1) is 5.92 Å². The molecule has 5 rings (SSSR count). The molecular formula is C18H23NO3. The summed E-state index contributed by atoms with van der Waals surface area (Å²) in [5, 5.41) is 21.3. The molecule has 22 heavy (non-hydrogen) atoms. The largest absolute Gasteiger partial charge is 0.504 e. The van der Waals surface area contributed by atoms with Crippen molar-refractivity contribution >= 4 is 0 Å². The van der Waals surface area contributed by atoms with Crippen LogP contribution in [0.4, 0.5) is 0 Å². The highest BCUT2D eigenvalue weighted by atomic mass is 16.5. The second-order valence-electron chi connectivity index (χ2n) is 7.99. The number of ether oxygens (including phenoxy) is 1. The maximum absolute atomic E-state index is 11.0. The summed E-state index contributed by atoms with van der Waals surface area (Å²) in [6, 6.07) is 4.35. The van der Waals surface area contributed by atoms with Gasteiger partial charge in [-0.2, -0.15) is 0 Å². The van der Waals surface area contributed by atoms with Crippen LogP contribution < -0.4 is 4.74 Å². The van der Waals surface area contributed by atoms with E-state index in [4.69, 9.17) is 4.74 Å². The topological polar surface area (TPSA) is 52.9 Å². The van der Waals surface area contributed by atoms with Crippen molar-refractivity contribution in [2.45, 2.75) is 55.8 Å². The van der Waals surface area contributed by atoms with Crippen LogP contribution in [-0.2, 0) is 11.8 Å². The Labute approximate surface area is 130 Å². The highest BCUT2D eigenvalue weighted by molar-refractivity contribution is 5.61. The Kier molecular flexibility index (Phi) is 2.28. The van der Waals surface area contributed by atoms with Crippen molar-refractivity contribution in [3.05, 3.63) is 23.3 Å². The van der Waals surface area contributed by atoms with Gasteiger partial charge in [-0.3, -0.25) is 0 Å². The number of aromatic hydroxyl groups is 1. The second-order valence-corrected chi connectivity index (χ2v) is 7.99. The monoisotopic (exact) mass is 301 g/mol. The van der Waals surface area contributed by atoms with Crippen molar-refractivity contribution in [3.8, 4) is 11.5 Å². The molecule has 1 saturated carbocycles. The first-order valence-electron chi connectivity index (χ1n) is 8.40. The third kappa shape index (κ3) is 1.29. The fraction of sp³-hybridized carbons (Fsp3) is 0.667. The third-order valence-electron chi connectivity index (χ3n) is 6.92. The lowest BCUT2D eigenvalue weighted by Crippen LogP contribution is -2.69. The van der Waals surface area contributed by atoms with Crippen molar-refractivity contribution < 1.29 is 14.9 Å². The summed E-state index contributed by atoms with van der Waals surface area (Å²) in [6.45, 7) is 2.94. The van der Waals surface area contributed by atoms with E-state index in [-0.39, 0.29) is 17.3 Å². The molecule has 0 amide bonds. The summed E-state index contributed by atoms with van der Waals surface area (Å²) < 4.78 is 6.24. The molecule has 1 spiro atoms. The van der Waals surface area contributed by atoms with Gasteiger partial charge in [-0.15, -0.1) is 0 Å². The molecule has 1 aromatic rings. The predicted molar refractivity (Wildman–Crippen MR) is 82.3 cm³/mol. The van der Waals surface area contributed by atoms with Gasteiger partial charge in [-0.1, -0.05) is 6.07 Å². The number of benzene rings is 1. The molecule has 2 bridgehead atoms. The Morgan fingerprint density at radius 3 is 2.95 bits per heavy atom. The van der Waals surface area contributed by atoms with Crippen LogP contribution in [0.1, 0.15) is 37.3 Å². The molecule has 5 atom stereocenters. The van der Waals surface area contributed by atoms with Gasteiger partial charge >= 0.3 is 0 Å². The lowest BCUT2D eigenvalue weighted by atomic mass is 9.49. The van der Waals surface area contributed by atoms with E-state index in [1.54, 1.807) is 6.07 Å². The van der Waals surface area contributed by atoms with E-state index in [2.05, 4.69) is 18.0 Å². The molecule has 4 heteroatoms. The summed E-state index contributed by atoms with van der Waals surface area (Å²) in [7, 11) is 2.22. The molecule has 4 nitrogen and oxygen atoms in total. The predicted octanol–water partition coefficient (Wildman–Crippen LogP) is 1.81. The Bertz CT molecular complexity index is 671. The summed E-state index contributed by atoms with van der Waals surface area (Å²) in [5.74, 6) is 1.40. The lowest BCUT2D eigenvalue weighted by Gasteiger charge is -2.60. The fourth-order valence-electron chi connectivity index (χ4n) is 6.00. The van der Waals surface area contributed by atoms with Crippen LogP contribution in [0.25, 0.3) is 0 Å². The molecule has 2 N–H and O–H groups in total. The van der Waals surface area contributed by atoms with Crippen LogP contribution in [0.2, 0.25) is 0 Å². The number of hydrogen-bond acceptors (Lipinski definition) is 4. The Morgan fingerprint density at radius 1 is 1.32 bits per heavy atom. The lowest BCUT2D eigenvalue weighted by molar-refractivity contribution is -0.148. The number of rotatable bonds is 0. The summed E-state index contributed by atoms with van der Waals surface area (Å²) in [4.78, 5) is 2.49. The Morgan fingerprint density at radius 2 is 2.14 bits per heavy atom. The van der Waals surface area contributed by atoms with E-state index in [0.717, 1.165) is 32.2 Å². The van der Waals surface area contributed by atoms with Gasteiger partial charge in [0, 0.05) is 17.0 Å². The quantitative estimate of drug-likeness (QED) is 0.767. The van der Waals surface area contributed by atoms with Gasteiger partial charge in [0.15, 0.2) is 11.5 Å². The molecule has 2 aliphatic carbocycles. The van der Waals surface area contributed by atoms with E-state index in [9.17, 15) is 10.2 Å². The van der Waals surface area contributed by atoms with E-state index < -0.39 is 5.60 Å². The smallest absolute Gasteiger partial charge is 0.165 e. The van der Waals surface area contributed by atoms with Crippen LogP contribution in [-0.4, -0.2) is 46.5 Å². The van der Waals surface area contributed by atoms with Crippen molar-refractivity contribution in [2.75, 3.05) is 13.6 Å². The van der Waals surface area contributed by atoms with E-state index in [1.807, 2.05) is 6.92 Å². The number of aliphatic hydroxyl groups is 1. The number of piperidine rings is 1.